The van der Waals surface area contributed by atoms with Crippen LogP contribution < -0.4 is 15.8 Å². The van der Waals surface area contributed by atoms with Gasteiger partial charge < -0.3 is 15.8 Å². The number of carbonyl (C=O) groups excluding carboxylic acids is 2. The van der Waals surface area contributed by atoms with Gasteiger partial charge in [-0.1, -0.05) is 36.9 Å². The summed E-state index contributed by atoms with van der Waals surface area (Å²) in [7, 11) is 0. The molecule has 0 radical (unpaired) electrons. The molecule has 0 saturated carbocycles. The Morgan fingerprint density at radius 1 is 0.943 bits per heavy atom. The van der Waals surface area contributed by atoms with Crippen molar-refractivity contribution in [1.82, 2.24) is 14.6 Å². The number of aromatic amines is 1. The summed E-state index contributed by atoms with van der Waals surface area (Å²) in [5.41, 5.74) is 10.0. The quantitative estimate of drug-likeness (QED) is 0.294. The maximum Gasteiger partial charge on any atom is 0.269 e. The summed E-state index contributed by atoms with van der Waals surface area (Å²) in [6.45, 7) is 3.45. The third-order valence-electron chi connectivity index (χ3n) is 5.45. The van der Waals surface area contributed by atoms with E-state index in [2.05, 4.69) is 17.0 Å². The van der Waals surface area contributed by atoms with Crippen LogP contribution in [0.5, 0.6) is 11.5 Å². The number of hydrogen-bond acceptors (Lipinski definition) is 4. The van der Waals surface area contributed by atoms with Gasteiger partial charge in [0, 0.05) is 23.0 Å². The van der Waals surface area contributed by atoms with E-state index >= 15 is 0 Å². The summed E-state index contributed by atoms with van der Waals surface area (Å²) in [5.74, 6) is 0.502. The Hall–Kier alpha value is -5.11. The van der Waals surface area contributed by atoms with Crippen molar-refractivity contribution >= 4 is 23.1 Å². The number of aromatic nitrogens is 3. The lowest BCUT2D eigenvalue weighted by Gasteiger charge is -2.06. The van der Waals surface area contributed by atoms with Crippen LogP contribution in [0.15, 0.2) is 97.7 Å². The minimum Gasteiger partial charge on any atom is -0.457 e. The highest BCUT2D eigenvalue weighted by atomic mass is 16.5. The molecule has 2 heterocycles. The molecule has 2 aromatic heterocycles. The monoisotopic (exact) mass is 463 g/mol. The zero-order valence-electron chi connectivity index (χ0n) is 18.6. The fraction of sp³-hybridized carbons (Fsp3) is 0. The van der Waals surface area contributed by atoms with Gasteiger partial charge in [0.15, 0.2) is 11.3 Å². The van der Waals surface area contributed by atoms with E-state index in [0.29, 0.717) is 22.8 Å². The Morgan fingerprint density at radius 2 is 1.60 bits per heavy atom. The Morgan fingerprint density at radius 3 is 2.26 bits per heavy atom. The molecule has 8 nitrogen and oxygen atoms in total. The maximum atomic E-state index is 12.4. The van der Waals surface area contributed by atoms with E-state index in [1.807, 2.05) is 66.7 Å². The van der Waals surface area contributed by atoms with Gasteiger partial charge in [-0.05, 0) is 60.2 Å². The number of benzene rings is 3. The van der Waals surface area contributed by atoms with Crippen LogP contribution in [0.3, 0.4) is 0 Å². The minimum absolute atomic E-state index is 0.248. The van der Waals surface area contributed by atoms with Gasteiger partial charge in [0.25, 0.3) is 5.91 Å². The topological polar surface area (TPSA) is 115 Å². The number of rotatable bonds is 7. The van der Waals surface area contributed by atoms with Gasteiger partial charge in [-0.2, -0.15) is 0 Å². The van der Waals surface area contributed by atoms with Crippen LogP contribution in [0.4, 0.5) is 5.69 Å². The Bertz CT molecular complexity index is 1530. The number of primary amides is 1. The van der Waals surface area contributed by atoms with E-state index in [1.165, 1.54) is 6.08 Å². The van der Waals surface area contributed by atoms with Gasteiger partial charge in [-0.15, -0.1) is 0 Å². The van der Waals surface area contributed by atoms with Crippen molar-refractivity contribution in [1.29, 1.82) is 0 Å². The third-order valence-corrected chi connectivity index (χ3v) is 5.45. The molecule has 3 aromatic carbocycles. The number of amides is 2. The second kappa shape index (κ2) is 9.03. The normalized spacial score (nSPS) is 10.7. The predicted octanol–water partition coefficient (Wildman–Crippen LogP) is 5.01. The number of hydrogen-bond donors (Lipinski definition) is 3. The number of nitrogens with two attached hydrogens (primary N) is 1. The standard InChI is InChI=1S/C27H21N5O3/c1-2-23(33)30-19-12-8-17(9-13-19)22-16-29-32-25(26(28)34)24(31-27(22)32)18-10-14-21(15-11-18)35-20-6-4-3-5-7-20/h2-16,29H,1H2,(H2,28,34)(H,30,33). The maximum absolute atomic E-state index is 12.4. The first-order valence-electron chi connectivity index (χ1n) is 10.8. The summed E-state index contributed by atoms with van der Waals surface area (Å²) < 4.78 is 7.43. The fourth-order valence-electron chi connectivity index (χ4n) is 3.79. The first kappa shape index (κ1) is 21.7. The van der Waals surface area contributed by atoms with Crippen LogP contribution >= 0.6 is 0 Å². The van der Waals surface area contributed by atoms with Crippen molar-refractivity contribution < 1.29 is 14.3 Å². The van der Waals surface area contributed by atoms with Crippen LogP contribution in [0.2, 0.25) is 0 Å². The number of anilines is 1. The molecule has 4 N–H and O–H groups in total. The molecule has 0 saturated heterocycles. The number of ether oxygens (including phenoxy) is 1. The molecule has 0 spiro atoms. The van der Waals surface area contributed by atoms with E-state index in [-0.39, 0.29) is 11.6 Å². The van der Waals surface area contributed by atoms with Gasteiger partial charge in [-0.25, -0.2) is 9.50 Å². The molecular weight excluding hydrogens is 442 g/mol. The van der Waals surface area contributed by atoms with Gasteiger partial charge in [0.05, 0.1) is 0 Å². The number of nitrogens with zero attached hydrogens (tertiary/aromatic N) is 2. The summed E-state index contributed by atoms with van der Waals surface area (Å²) in [6, 6.07) is 24.1. The molecule has 0 aliphatic carbocycles. The number of nitrogens with one attached hydrogen (secondary N) is 2. The largest absolute Gasteiger partial charge is 0.457 e. The first-order valence-corrected chi connectivity index (χ1v) is 10.8. The van der Waals surface area contributed by atoms with Crippen LogP contribution in [0, 0.1) is 0 Å². The SMILES string of the molecule is C=CC(=O)Nc1ccc(-c2c[nH]n3c(C(N)=O)c(-c4ccc(Oc5ccccc5)cc4)nc23)cc1. The zero-order chi connectivity index (χ0) is 24.4. The van der Waals surface area contributed by atoms with Crippen molar-refractivity contribution in [2.45, 2.75) is 0 Å². The second-order valence-corrected chi connectivity index (χ2v) is 7.73. The van der Waals surface area contributed by atoms with E-state index < -0.39 is 5.91 Å². The van der Waals surface area contributed by atoms with Crippen molar-refractivity contribution in [2.24, 2.45) is 5.73 Å². The smallest absolute Gasteiger partial charge is 0.269 e. The molecule has 8 heteroatoms. The second-order valence-electron chi connectivity index (χ2n) is 7.73. The number of para-hydroxylation sites is 1. The Kier molecular flexibility index (Phi) is 5.60. The molecule has 5 aromatic rings. The summed E-state index contributed by atoms with van der Waals surface area (Å²) in [6.07, 6.45) is 2.97. The molecule has 172 valence electrons. The van der Waals surface area contributed by atoms with E-state index in [0.717, 1.165) is 22.4 Å². The Balaban J connectivity index is 1.49. The molecule has 0 aliphatic heterocycles. The lowest BCUT2D eigenvalue weighted by molar-refractivity contribution is -0.111. The summed E-state index contributed by atoms with van der Waals surface area (Å²) in [4.78, 5) is 28.6. The first-order chi connectivity index (χ1) is 17.0. The summed E-state index contributed by atoms with van der Waals surface area (Å²) >= 11 is 0. The molecular formula is C27H21N5O3. The molecule has 2 amide bonds. The lowest BCUT2D eigenvalue weighted by atomic mass is 10.1. The molecule has 0 atom stereocenters. The molecule has 0 unspecified atom stereocenters. The summed E-state index contributed by atoms with van der Waals surface area (Å²) in [5, 5.41) is 5.79. The Labute approximate surface area is 200 Å². The van der Waals surface area contributed by atoms with Crippen molar-refractivity contribution in [3.63, 3.8) is 0 Å². The third kappa shape index (κ3) is 4.28. The lowest BCUT2D eigenvalue weighted by Crippen LogP contribution is -2.15. The van der Waals surface area contributed by atoms with Gasteiger partial charge in [0.1, 0.15) is 17.2 Å². The van der Waals surface area contributed by atoms with Gasteiger partial charge >= 0.3 is 0 Å². The van der Waals surface area contributed by atoms with E-state index in [9.17, 15) is 9.59 Å². The number of H-pyrrole nitrogens is 1. The van der Waals surface area contributed by atoms with Crippen LogP contribution in [-0.2, 0) is 4.79 Å². The average Bonchev–Trinajstić information content (AvgIpc) is 3.45. The fourth-order valence-corrected chi connectivity index (χ4v) is 3.79. The van der Waals surface area contributed by atoms with Crippen LogP contribution in [-0.4, -0.2) is 26.4 Å². The average molecular weight is 463 g/mol. The van der Waals surface area contributed by atoms with Crippen molar-refractivity contribution in [2.75, 3.05) is 5.32 Å². The van der Waals surface area contributed by atoms with E-state index in [1.54, 1.807) is 22.8 Å². The van der Waals surface area contributed by atoms with Gasteiger partial charge in [0.2, 0.25) is 5.91 Å². The van der Waals surface area contributed by atoms with Crippen molar-refractivity contribution in [3.05, 3.63) is 103 Å². The molecule has 5 rings (SSSR count). The highest BCUT2D eigenvalue weighted by molar-refractivity contribution is 6.00. The molecule has 0 bridgehead atoms. The molecule has 0 fully saturated rings. The highest BCUT2D eigenvalue weighted by Crippen LogP contribution is 2.32. The molecule has 0 aliphatic rings. The number of fused-ring (bicyclic) bond motifs is 1. The van der Waals surface area contributed by atoms with Crippen LogP contribution in [0.1, 0.15) is 10.5 Å². The zero-order valence-corrected chi connectivity index (χ0v) is 18.6. The number of carbonyl (C=O) groups is 2. The number of imidazole rings is 1. The van der Waals surface area contributed by atoms with Crippen molar-refractivity contribution in [3.8, 4) is 33.9 Å². The highest BCUT2D eigenvalue weighted by Gasteiger charge is 2.22. The van der Waals surface area contributed by atoms with Crippen LogP contribution in [0.25, 0.3) is 28.0 Å². The van der Waals surface area contributed by atoms with Gasteiger partial charge in [-0.3, -0.25) is 14.7 Å². The van der Waals surface area contributed by atoms with E-state index in [4.69, 9.17) is 15.5 Å². The predicted molar refractivity (Wildman–Crippen MR) is 134 cm³/mol. The molecule has 35 heavy (non-hydrogen) atoms. The minimum atomic E-state index is -0.604.